The lowest BCUT2D eigenvalue weighted by molar-refractivity contribution is 0.524. The van der Waals surface area contributed by atoms with Crippen LogP contribution in [-0.2, 0) is 33.0 Å². The standard InChI is InChI=1S/C22H20BrClN2O2S.C6H7NO2S/c23-18-6-9-21(10-7-18)29(27,28)25-20-13-17-12-19(24)8-11-22(17)26(15-20)14-16-4-2-1-3-5-16;7-10(8,9)6-4-2-1-3-5-6/h1-12,20,25H,13-15H2;1-5H,(H2,7,8,9). The van der Waals surface area contributed by atoms with E-state index in [4.69, 9.17) is 16.7 Å². The third kappa shape index (κ3) is 8.14. The quantitative estimate of drug-likeness (QED) is 0.293. The summed E-state index contributed by atoms with van der Waals surface area (Å²) in [5.41, 5.74) is 3.31. The van der Waals surface area contributed by atoms with Crippen LogP contribution in [0, 0.1) is 0 Å². The molecule has 39 heavy (non-hydrogen) atoms. The summed E-state index contributed by atoms with van der Waals surface area (Å²) in [6.07, 6.45) is 0.594. The SMILES string of the molecule is NS(=O)(=O)c1ccccc1.O=S(=O)(NC1Cc2cc(Cl)ccc2N(Cc2ccccc2)C1)c1ccc(Br)cc1. The minimum atomic E-state index is -3.62. The minimum absolute atomic E-state index is 0.148. The first-order chi connectivity index (χ1) is 18.5. The summed E-state index contributed by atoms with van der Waals surface area (Å²) in [7, 11) is -7.12. The lowest BCUT2D eigenvalue weighted by atomic mass is 9.98. The Labute approximate surface area is 242 Å². The summed E-state index contributed by atoms with van der Waals surface area (Å²) in [6.45, 7) is 1.28. The molecule has 204 valence electrons. The van der Waals surface area contributed by atoms with Gasteiger partial charge in [0.15, 0.2) is 0 Å². The summed E-state index contributed by atoms with van der Waals surface area (Å²) >= 11 is 9.55. The molecule has 1 unspecified atom stereocenters. The lowest BCUT2D eigenvalue weighted by Crippen LogP contribution is -2.48. The Hall–Kier alpha value is -2.73. The average molecular weight is 649 g/mol. The first kappa shape index (κ1) is 29.3. The number of sulfonamides is 2. The van der Waals surface area contributed by atoms with E-state index in [1.54, 1.807) is 42.5 Å². The van der Waals surface area contributed by atoms with E-state index in [2.05, 4.69) is 37.7 Å². The second kappa shape index (κ2) is 12.6. The zero-order valence-corrected chi connectivity index (χ0v) is 24.7. The Bertz CT molecular complexity index is 1620. The topological polar surface area (TPSA) is 110 Å². The average Bonchev–Trinajstić information content (AvgIpc) is 2.89. The van der Waals surface area contributed by atoms with Crippen LogP contribution in [0.4, 0.5) is 5.69 Å². The second-order valence-electron chi connectivity index (χ2n) is 8.97. The highest BCUT2D eigenvalue weighted by Crippen LogP contribution is 2.31. The zero-order valence-electron chi connectivity index (χ0n) is 20.7. The Morgan fingerprint density at radius 1 is 0.846 bits per heavy atom. The molecule has 4 aromatic carbocycles. The zero-order chi connectivity index (χ0) is 28.0. The Morgan fingerprint density at radius 2 is 1.46 bits per heavy atom. The van der Waals surface area contributed by atoms with Crippen LogP contribution in [0.25, 0.3) is 0 Å². The van der Waals surface area contributed by atoms with Gasteiger partial charge >= 0.3 is 0 Å². The molecule has 4 aromatic rings. The minimum Gasteiger partial charge on any atom is -0.365 e. The summed E-state index contributed by atoms with van der Waals surface area (Å²) in [5, 5.41) is 5.48. The van der Waals surface area contributed by atoms with Crippen molar-refractivity contribution >= 4 is 53.3 Å². The number of fused-ring (bicyclic) bond motifs is 1. The van der Waals surface area contributed by atoms with Gasteiger partial charge in [-0.3, -0.25) is 0 Å². The Morgan fingerprint density at radius 3 is 2.05 bits per heavy atom. The maximum absolute atomic E-state index is 12.9. The van der Waals surface area contributed by atoms with Gasteiger partial charge in [-0.2, -0.15) is 0 Å². The van der Waals surface area contributed by atoms with E-state index in [0.717, 1.165) is 15.7 Å². The van der Waals surface area contributed by atoms with Gasteiger partial charge in [-0.15, -0.1) is 0 Å². The van der Waals surface area contributed by atoms with Gasteiger partial charge in [-0.05, 0) is 72.1 Å². The molecule has 0 spiro atoms. The molecule has 1 atom stereocenters. The number of nitrogens with zero attached hydrogens (tertiary/aromatic N) is 1. The molecule has 0 aromatic heterocycles. The largest absolute Gasteiger partial charge is 0.365 e. The molecular weight excluding hydrogens is 622 g/mol. The van der Waals surface area contributed by atoms with Crippen LogP contribution in [0.1, 0.15) is 11.1 Å². The van der Waals surface area contributed by atoms with E-state index < -0.39 is 20.0 Å². The fourth-order valence-corrected chi connectivity index (χ4v) is 6.49. The third-order valence-corrected chi connectivity index (χ3v) is 9.25. The van der Waals surface area contributed by atoms with Crippen molar-refractivity contribution in [1.82, 2.24) is 4.72 Å². The number of nitrogens with two attached hydrogens (primary N) is 1. The summed E-state index contributed by atoms with van der Waals surface area (Å²) in [4.78, 5) is 2.61. The van der Waals surface area contributed by atoms with Crippen LogP contribution >= 0.6 is 27.5 Å². The first-order valence-electron chi connectivity index (χ1n) is 11.9. The highest BCUT2D eigenvalue weighted by molar-refractivity contribution is 9.10. The molecule has 0 bridgehead atoms. The number of anilines is 1. The predicted octanol–water partition coefficient (Wildman–Crippen LogP) is 5.35. The third-order valence-electron chi connectivity index (χ3n) is 6.02. The molecule has 1 aliphatic heterocycles. The first-order valence-corrected chi connectivity index (χ1v) is 16.1. The lowest BCUT2D eigenvalue weighted by Gasteiger charge is -2.36. The molecule has 5 rings (SSSR count). The number of nitrogens with one attached hydrogen (secondary N) is 1. The van der Waals surface area contributed by atoms with Crippen molar-refractivity contribution in [2.75, 3.05) is 11.4 Å². The molecule has 1 heterocycles. The maximum atomic E-state index is 12.9. The number of benzene rings is 4. The molecule has 3 N–H and O–H groups in total. The van der Waals surface area contributed by atoms with Crippen LogP contribution in [-0.4, -0.2) is 29.4 Å². The van der Waals surface area contributed by atoms with Crippen molar-refractivity contribution in [2.24, 2.45) is 5.14 Å². The second-order valence-corrected chi connectivity index (χ2v) is 13.6. The van der Waals surface area contributed by atoms with Gasteiger partial charge in [0, 0.05) is 34.3 Å². The van der Waals surface area contributed by atoms with Crippen molar-refractivity contribution in [1.29, 1.82) is 0 Å². The molecule has 7 nitrogen and oxygen atoms in total. The molecule has 0 amide bonds. The van der Waals surface area contributed by atoms with Crippen LogP contribution in [0.5, 0.6) is 0 Å². The van der Waals surface area contributed by atoms with Gasteiger partial charge in [-0.1, -0.05) is 76.1 Å². The number of halogens is 2. The Kier molecular flexibility index (Phi) is 9.47. The summed E-state index contributed by atoms with van der Waals surface area (Å²) in [6, 6.07) is 30.3. The van der Waals surface area contributed by atoms with E-state index >= 15 is 0 Å². The van der Waals surface area contributed by atoms with Gasteiger partial charge in [0.1, 0.15) is 0 Å². The molecule has 1 aliphatic rings. The van der Waals surface area contributed by atoms with Crippen LogP contribution < -0.4 is 14.8 Å². The van der Waals surface area contributed by atoms with Gasteiger partial charge in [0.2, 0.25) is 20.0 Å². The van der Waals surface area contributed by atoms with E-state index in [1.165, 1.54) is 17.7 Å². The number of rotatable bonds is 6. The molecule has 11 heteroatoms. The maximum Gasteiger partial charge on any atom is 0.240 e. The van der Waals surface area contributed by atoms with Crippen LogP contribution in [0.15, 0.2) is 117 Å². The van der Waals surface area contributed by atoms with Gasteiger partial charge in [-0.25, -0.2) is 26.7 Å². The molecule has 0 aliphatic carbocycles. The van der Waals surface area contributed by atoms with Crippen molar-refractivity contribution in [3.05, 3.63) is 124 Å². The van der Waals surface area contributed by atoms with Gasteiger partial charge in [0.25, 0.3) is 0 Å². The Balaban J connectivity index is 0.000000298. The van der Waals surface area contributed by atoms with E-state index in [-0.39, 0.29) is 15.8 Å². The van der Waals surface area contributed by atoms with Crippen LogP contribution in [0.3, 0.4) is 0 Å². The van der Waals surface area contributed by atoms with Crippen LogP contribution in [0.2, 0.25) is 5.02 Å². The summed E-state index contributed by atoms with van der Waals surface area (Å²) < 4.78 is 50.7. The molecular formula is C28H27BrClN3O4S2. The van der Waals surface area contributed by atoms with Crippen molar-refractivity contribution in [3.8, 4) is 0 Å². The summed E-state index contributed by atoms with van der Waals surface area (Å²) in [5.74, 6) is 0. The molecule has 0 saturated carbocycles. The van der Waals surface area contributed by atoms with Crippen molar-refractivity contribution < 1.29 is 16.8 Å². The molecule has 0 fully saturated rings. The number of hydrogen-bond acceptors (Lipinski definition) is 5. The molecule has 0 radical (unpaired) electrons. The highest BCUT2D eigenvalue weighted by Gasteiger charge is 2.28. The normalized spacial score (nSPS) is 15.2. The molecule has 0 saturated heterocycles. The highest BCUT2D eigenvalue weighted by atomic mass is 79.9. The smallest absolute Gasteiger partial charge is 0.240 e. The van der Waals surface area contributed by atoms with E-state index in [9.17, 15) is 16.8 Å². The monoisotopic (exact) mass is 647 g/mol. The van der Waals surface area contributed by atoms with E-state index in [0.29, 0.717) is 24.5 Å². The fourth-order valence-electron chi connectivity index (χ4n) is 4.26. The van der Waals surface area contributed by atoms with Crippen molar-refractivity contribution in [2.45, 2.75) is 28.8 Å². The van der Waals surface area contributed by atoms with E-state index in [1.807, 2.05) is 36.4 Å². The number of primary sulfonamides is 1. The fraction of sp³-hybridized carbons (Fsp3) is 0.143. The van der Waals surface area contributed by atoms with Gasteiger partial charge in [0.05, 0.1) is 9.79 Å². The van der Waals surface area contributed by atoms with Gasteiger partial charge < -0.3 is 4.90 Å². The predicted molar refractivity (Wildman–Crippen MR) is 159 cm³/mol. The number of hydrogen-bond donors (Lipinski definition) is 2. The van der Waals surface area contributed by atoms with Crippen molar-refractivity contribution in [3.63, 3.8) is 0 Å².